The average molecular weight is 329 g/mol. The van der Waals surface area contributed by atoms with Crippen molar-refractivity contribution in [1.82, 2.24) is 4.90 Å². The molecule has 4 nitrogen and oxygen atoms in total. The molecule has 1 saturated heterocycles. The predicted octanol–water partition coefficient (Wildman–Crippen LogP) is 2.18. The van der Waals surface area contributed by atoms with Crippen LogP contribution < -0.4 is 10.5 Å². The van der Waals surface area contributed by atoms with Crippen molar-refractivity contribution < 1.29 is 9.47 Å². The molecule has 2 rings (SSSR count). The molecule has 1 aliphatic rings. The highest BCUT2D eigenvalue weighted by atomic mass is 79.9. The van der Waals surface area contributed by atoms with Crippen LogP contribution in [0.1, 0.15) is 18.5 Å². The molecule has 1 aromatic rings. The molecule has 0 spiro atoms. The van der Waals surface area contributed by atoms with Gasteiger partial charge in [-0.25, -0.2) is 0 Å². The summed E-state index contributed by atoms with van der Waals surface area (Å²) in [6.45, 7) is 5.17. The first-order chi connectivity index (χ1) is 9.06. The zero-order valence-electron chi connectivity index (χ0n) is 11.4. The molecule has 1 aliphatic heterocycles. The van der Waals surface area contributed by atoms with E-state index in [0.717, 1.165) is 35.5 Å². The molecule has 2 unspecified atom stereocenters. The predicted molar refractivity (Wildman–Crippen MR) is 79.5 cm³/mol. The summed E-state index contributed by atoms with van der Waals surface area (Å²) in [6.07, 6.45) is 0.124. The Morgan fingerprint density at radius 2 is 2.37 bits per heavy atom. The maximum atomic E-state index is 5.96. The smallest absolute Gasteiger partial charge is 0.125 e. The van der Waals surface area contributed by atoms with Crippen molar-refractivity contribution in [3.8, 4) is 5.75 Å². The van der Waals surface area contributed by atoms with Gasteiger partial charge in [-0.05, 0) is 26.1 Å². The normalized spacial score (nSPS) is 22.2. The minimum absolute atomic E-state index is 0.0435. The second-order valence-corrected chi connectivity index (χ2v) is 5.95. The Balaban J connectivity index is 2.00. The molecule has 2 atom stereocenters. The van der Waals surface area contributed by atoms with E-state index in [0.29, 0.717) is 6.61 Å². The largest absolute Gasteiger partial charge is 0.490 e. The monoisotopic (exact) mass is 328 g/mol. The Morgan fingerprint density at radius 3 is 3.05 bits per heavy atom. The summed E-state index contributed by atoms with van der Waals surface area (Å²) in [4.78, 5) is 2.25. The van der Waals surface area contributed by atoms with E-state index in [1.54, 1.807) is 0 Å². The van der Waals surface area contributed by atoms with Gasteiger partial charge in [-0.2, -0.15) is 0 Å². The van der Waals surface area contributed by atoms with E-state index < -0.39 is 0 Å². The van der Waals surface area contributed by atoms with Crippen LogP contribution in [0.25, 0.3) is 0 Å². The lowest BCUT2D eigenvalue weighted by atomic mass is 10.1. The van der Waals surface area contributed by atoms with Crippen LogP contribution in [0.2, 0.25) is 0 Å². The number of hydrogen-bond acceptors (Lipinski definition) is 4. The Labute approximate surface area is 123 Å². The molecule has 0 aliphatic carbocycles. The fourth-order valence-electron chi connectivity index (χ4n) is 2.16. The van der Waals surface area contributed by atoms with E-state index >= 15 is 0 Å². The van der Waals surface area contributed by atoms with E-state index in [-0.39, 0.29) is 12.1 Å². The maximum Gasteiger partial charge on any atom is 0.125 e. The van der Waals surface area contributed by atoms with Crippen molar-refractivity contribution in [2.45, 2.75) is 19.1 Å². The van der Waals surface area contributed by atoms with Crippen molar-refractivity contribution in [1.29, 1.82) is 0 Å². The summed E-state index contributed by atoms with van der Waals surface area (Å²) in [7, 11) is 2.10. The Morgan fingerprint density at radius 1 is 1.58 bits per heavy atom. The van der Waals surface area contributed by atoms with Crippen LogP contribution in [0.15, 0.2) is 22.7 Å². The first kappa shape index (κ1) is 14.8. The summed E-state index contributed by atoms with van der Waals surface area (Å²) >= 11 is 3.46. The van der Waals surface area contributed by atoms with Crippen LogP contribution >= 0.6 is 15.9 Å². The molecule has 106 valence electrons. The van der Waals surface area contributed by atoms with Crippen LogP contribution in [0.5, 0.6) is 5.75 Å². The molecular weight excluding hydrogens is 308 g/mol. The first-order valence-corrected chi connectivity index (χ1v) is 7.33. The van der Waals surface area contributed by atoms with Crippen LogP contribution in [0.4, 0.5) is 0 Å². The minimum atomic E-state index is -0.0435. The second kappa shape index (κ2) is 6.70. The number of halogens is 1. The molecule has 0 aromatic heterocycles. The number of ether oxygens (including phenoxy) is 2. The number of benzene rings is 1. The lowest BCUT2D eigenvalue weighted by molar-refractivity contribution is -0.0405. The van der Waals surface area contributed by atoms with Gasteiger partial charge in [0.25, 0.3) is 0 Å². The van der Waals surface area contributed by atoms with Gasteiger partial charge in [0.1, 0.15) is 18.5 Å². The molecule has 0 bridgehead atoms. The summed E-state index contributed by atoms with van der Waals surface area (Å²) in [5.74, 6) is 0.834. The molecule has 2 N–H and O–H groups in total. The lowest BCUT2D eigenvalue weighted by Gasteiger charge is -2.30. The van der Waals surface area contributed by atoms with Gasteiger partial charge in [-0.1, -0.05) is 22.0 Å². The van der Waals surface area contributed by atoms with Gasteiger partial charge in [0.15, 0.2) is 0 Å². The van der Waals surface area contributed by atoms with Gasteiger partial charge >= 0.3 is 0 Å². The number of hydrogen-bond donors (Lipinski definition) is 1. The van der Waals surface area contributed by atoms with E-state index in [1.165, 1.54) is 0 Å². The standard InChI is InChI=1S/C14H21BrN2O2/c1-10(16)13-4-3-11(15)7-14(13)19-9-12-8-17(2)5-6-18-12/h3-4,7,10,12H,5-6,8-9,16H2,1-2H3. The maximum absolute atomic E-state index is 5.96. The van der Waals surface area contributed by atoms with Gasteiger partial charge in [-0.15, -0.1) is 0 Å². The number of rotatable bonds is 4. The Bertz CT molecular complexity index is 426. The van der Waals surface area contributed by atoms with Crippen molar-refractivity contribution in [2.75, 3.05) is 33.4 Å². The van der Waals surface area contributed by atoms with E-state index in [9.17, 15) is 0 Å². The lowest BCUT2D eigenvalue weighted by Crippen LogP contribution is -2.42. The minimum Gasteiger partial charge on any atom is -0.490 e. The van der Waals surface area contributed by atoms with Crippen LogP contribution in [-0.4, -0.2) is 44.4 Å². The number of nitrogens with zero attached hydrogens (tertiary/aromatic N) is 1. The van der Waals surface area contributed by atoms with Crippen LogP contribution in [-0.2, 0) is 4.74 Å². The van der Waals surface area contributed by atoms with E-state index in [4.69, 9.17) is 15.2 Å². The summed E-state index contributed by atoms with van der Waals surface area (Å²) in [5.41, 5.74) is 6.98. The fourth-order valence-corrected chi connectivity index (χ4v) is 2.50. The first-order valence-electron chi connectivity index (χ1n) is 6.54. The van der Waals surface area contributed by atoms with Crippen molar-refractivity contribution >= 4 is 15.9 Å². The van der Waals surface area contributed by atoms with Gasteiger partial charge < -0.3 is 20.1 Å². The SMILES string of the molecule is CC(N)c1ccc(Br)cc1OCC1CN(C)CCO1. The fraction of sp³-hybridized carbons (Fsp3) is 0.571. The van der Waals surface area contributed by atoms with Gasteiger partial charge in [0.05, 0.1) is 6.61 Å². The molecule has 1 aromatic carbocycles. The third-order valence-corrected chi connectivity index (χ3v) is 3.73. The average Bonchev–Trinajstić information content (AvgIpc) is 2.36. The number of nitrogens with two attached hydrogens (primary N) is 1. The Hall–Kier alpha value is -0.620. The molecule has 0 amide bonds. The van der Waals surface area contributed by atoms with Gasteiger partial charge in [0, 0.05) is 29.2 Å². The van der Waals surface area contributed by atoms with Crippen LogP contribution in [0.3, 0.4) is 0 Å². The zero-order valence-corrected chi connectivity index (χ0v) is 13.0. The molecule has 1 heterocycles. The van der Waals surface area contributed by atoms with Crippen LogP contribution in [0, 0.1) is 0 Å². The quantitative estimate of drug-likeness (QED) is 0.920. The third kappa shape index (κ3) is 4.18. The van der Waals surface area contributed by atoms with Gasteiger partial charge in [0.2, 0.25) is 0 Å². The highest BCUT2D eigenvalue weighted by Gasteiger charge is 2.19. The zero-order chi connectivity index (χ0) is 13.8. The summed E-state index contributed by atoms with van der Waals surface area (Å²) in [5, 5.41) is 0. The highest BCUT2D eigenvalue weighted by Crippen LogP contribution is 2.28. The Kier molecular flexibility index (Phi) is 5.21. The third-order valence-electron chi connectivity index (χ3n) is 3.23. The molecule has 19 heavy (non-hydrogen) atoms. The molecule has 5 heteroatoms. The highest BCUT2D eigenvalue weighted by molar-refractivity contribution is 9.10. The second-order valence-electron chi connectivity index (χ2n) is 5.04. The van der Waals surface area contributed by atoms with Gasteiger partial charge in [-0.3, -0.25) is 0 Å². The van der Waals surface area contributed by atoms with E-state index in [1.807, 2.05) is 25.1 Å². The molecule has 0 radical (unpaired) electrons. The van der Waals surface area contributed by atoms with E-state index in [2.05, 4.69) is 27.9 Å². The molecule has 1 fully saturated rings. The summed E-state index contributed by atoms with van der Waals surface area (Å²) < 4.78 is 12.6. The summed E-state index contributed by atoms with van der Waals surface area (Å²) in [6, 6.07) is 5.90. The van der Waals surface area contributed by atoms with Crippen molar-refractivity contribution in [3.63, 3.8) is 0 Å². The molecular formula is C14H21BrN2O2. The topological polar surface area (TPSA) is 47.7 Å². The number of morpholine rings is 1. The van der Waals surface area contributed by atoms with Crippen molar-refractivity contribution in [2.24, 2.45) is 5.73 Å². The van der Waals surface area contributed by atoms with Crippen molar-refractivity contribution in [3.05, 3.63) is 28.2 Å². The number of likely N-dealkylation sites (N-methyl/N-ethyl adjacent to an activating group) is 1. The molecule has 0 saturated carbocycles.